The summed E-state index contributed by atoms with van der Waals surface area (Å²) in [5.74, 6) is 0.238. The number of nitrogens with one attached hydrogen (secondary N) is 1. The number of benzene rings is 1. The summed E-state index contributed by atoms with van der Waals surface area (Å²) < 4.78 is 5.20. The van der Waals surface area contributed by atoms with Crippen molar-refractivity contribution in [2.24, 2.45) is 0 Å². The lowest BCUT2D eigenvalue weighted by Crippen LogP contribution is -2.35. The minimum atomic E-state index is -0.358. The molecule has 1 aliphatic rings. The first-order valence-electron chi connectivity index (χ1n) is 8.63. The smallest absolute Gasteiger partial charge is 0.277 e. The molecular formula is C19H17N5O3S. The summed E-state index contributed by atoms with van der Waals surface area (Å²) in [5.41, 5.74) is 1.73. The van der Waals surface area contributed by atoms with Crippen molar-refractivity contribution in [2.45, 2.75) is 13.0 Å². The third kappa shape index (κ3) is 3.70. The largest absolute Gasteiger partial charge is 0.497 e. The molecule has 0 unspecified atom stereocenters. The van der Waals surface area contributed by atoms with Crippen LogP contribution in [0.15, 0.2) is 42.9 Å². The van der Waals surface area contributed by atoms with Gasteiger partial charge in [-0.15, -0.1) is 0 Å². The highest BCUT2D eigenvalue weighted by Gasteiger charge is 2.25. The van der Waals surface area contributed by atoms with Gasteiger partial charge in [0.1, 0.15) is 11.4 Å². The molecule has 3 heterocycles. The number of carbonyl (C=O) groups is 2. The van der Waals surface area contributed by atoms with Gasteiger partial charge in [-0.2, -0.15) is 0 Å². The van der Waals surface area contributed by atoms with Crippen LogP contribution >= 0.6 is 11.3 Å². The van der Waals surface area contributed by atoms with Crippen molar-refractivity contribution in [3.8, 4) is 5.75 Å². The molecule has 1 aliphatic heterocycles. The molecule has 0 aliphatic carbocycles. The average Bonchev–Trinajstić information content (AvgIpc) is 3.15. The number of hydrogen-bond acceptors (Lipinski definition) is 7. The molecule has 0 saturated heterocycles. The van der Waals surface area contributed by atoms with Gasteiger partial charge in [-0.25, -0.2) is 9.97 Å². The summed E-state index contributed by atoms with van der Waals surface area (Å²) in [4.78, 5) is 40.1. The van der Waals surface area contributed by atoms with Crippen molar-refractivity contribution in [1.29, 1.82) is 0 Å². The summed E-state index contributed by atoms with van der Waals surface area (Å²) in [6.07, 6.45) is 5.01. The predicted octanol–water partition coefficient (Wildman–Crippen LogP) is 2.39. The van der Waals surface area contributed by atoms with E-state index in [1.165, 1.54) is 29.9 Å². The number of aromatic nitrogens is 3. The number of thiazole rings is 1. The zero-order valence-corrected chi connectivity index (χ0v) is 15.9. The van der Waals surface area contributed by atoms with Crippen LogP contribution < -0.4 is 10.1 Å². The number of anilines is 1. The molecule has 4 rings (SSSR count). The SMILES string of the molecule is COc1cccc(C(=O)N2CCc3nc(NC(=O)c4cnccn4)sc3C2)c1. The van der Waals surface area contributed by atoms with Gasteiger partial charge < -0.3 is 9.64 Å². The van der Waals surface area contributed by atoms with E-state index in [0.717, 1.165) is 10.6 Å². The van der Waals surface area contributed by atoms with Crippen molar-refractivity contribution >= 4 is 28.3 Å². The molecule has 3 aromatic rings. The second kappa shape index (κ2) is 7.73. The van der Waals surface area contributed by atoms with E-state index >= 15 is 0 Å². The van der Waals surface area contributed by atoms with E-state index in [-0.39, 0.29) is 17.5 Å². The Morgan fingerprint density at radius 3 is 2.96 bits per heavy atom. The first-order valence-corrected chi connectivity index (χ1v) is 9.45. The number of hydrogen-bond donors (Lipinski definition) is 1. The maximum absolute atomic E-state index is 12.8. The van der Waals surface area contributed by atoms with E-state index in [1.54, 1.807) is 36.3 Å². The van der Waals surface area contributed by atoms with Crippen LogP contribution in [0.3, 0.4) is 0 Å². The zero-order valence-electron chi connectivity index (χ0n) is 15.1. The Bertz CT molecular complexity index is 1020. The number of amides is 2. The van der Waals surface area contributed by atoms with E-state index in [1.807, 2.05) is 0 Å². The van der Waals surface area contributed by atoms with Crippen molar-refractivity contribution in [3.05, 3.63) is 64.7 Å². The fourth-order valence-corrected chi connectivity index (χ4v) is 3.96. The van der Waals surface area contributed by atoms with E-state index < -0.39 is 0 Å². The summed E-state index contributed by atoms with van der Waals surface area (Å²) >= 11 is 1.37. The number of carbonyl (C=O) groups excluding carboxylic acids is 2. The maximum atomic E-state index is 12.8. The second-order valence-corrected chi connectivity index (χ2v) is 7.23. The van der Waals surface area contributed by atoms with Crippen LogP contribution in [-0.4, -0.2) is 45.3 Å². The average molecular weight is 395 g/mol. The molecule has 1 aromatic carbocycles. The minimum absolute atomic E-state index is 0.0527. The van der Waals surface area contributed by atoms with Gasteiger partial charge in [-0.1, -0.05) is 17.4 Å². The van der Waals surface area contributed by atoms with E-state index in [4.69, 9.17) is 4.74 Å². The molecule has 2 amide bonds. The number of methoxy groups -OCH3 is 1. The van der Waals surface area contributed by atoms with Crippen LogP contribution in [-0.2, 0) is 13.0 Å². The van der Waals surface area contributed by atoms with Crippen LogP contribution in [0.2, 0.25) is 0 Å². The lowest BCUT2D eigenvalue weighted by atomic mass is 10.1. The Morgan fingerprint density at radius 1 is 1.29 bits per heavy atom. The molecule has 1 N–H and O–H groups in total. The summed E-state index contributed by atoms with van der Waals surface area (Å²) in [6, 6.07) is 7.12. The zero-order chi connectivity index (χ0) is 19.5. The Balaban J connectivity index is 1.47. The van der Waals surface area contributed by atoms with Gasteiger partial charge in [0.15, 0.2) is 5.13 Å². The van der Waals surface area contributed by atoms with Gasteiger partial charge in [0.05, 0.1) is 25.5 Å². The van der Waals surface area contributed by atoms with Gasteiger partial charge in [0, 0.05) is 35.8 Å². The standard InChI is InChI=1S/C19H17N5O3S/c1-27-13-4-2-3-12(9-13)18(26)24-8-5-14-16(11-24)28-19(22-14)23-17(25)15-10-20-6-7-21-15/h2-4,6-7,9-10H,5,8,11H2,1H3,(H,22,23,25). The van der Waals surface area contributed by atoms with Gasteiger partial charge >= 0.3 is 0 Å². The highest BCUT2D eigenvalue weighted by Crippen LogP contribution is 2.29. The first-order chi connectivity index (χ1) is 13.6. The van der Waals surface area contributed by atoms with Crippen molar-refractivity contribution < 1.29 is 14.3 Å². The van der Waals surface area contributed by atoms with E-state index in [0.29, 0.717) is 36.0 Å². The third-order valence-corrected chi connectivity index (χ3v) is 5.35. The highest BCUT2D eigenvalue weighted by atomic mass is 32.1. The minimum Gasteiger partial charge on any atom is -0.497 e. The van der Waals surface area contributed by atoms with E-state index in [9.17, 15) is 9.59 Å². The molecule has 0 fully saturated rings. The monoisotopic (exact) mass is 395 g/mol. The quantitative estimate of drug-likeness (QED) is 0.729. The Kier molecular flexibility index (Phi) is 4.98. The molecule has 142 valence electrons. The topological polar surface area (TPSA) is 97.3 Å². The third-order valence-electron chi connectivity index (χ3n) is 4.35. The fraction of sp³-hybridized carbons (Fsp3) is 0.211. The number of rotatable bonds is 4. The lowest BCUT2D eigenvalue weighted by Gasteiger charge is -2.26. The van der Waals surface area contributed by atoms with Crippen LogP contribution in [0.25, 0.3) is 0 Å². The Labute approximate surface area is 165 Å². The summed E-state index contributed by atoms with van der Waals surface area (Å²) in [6.45, 7) is 1.04. The molecular weight excluding hydrogens is 378 g/mol. The molecule has 28 heavy (non-hydrogen) atoms. The molecule has 8 nitrogen and oxygen atoms in total. The van der Waals surface area contributed by atoms with Crippen molar-refractivity contribution in [3.63, 3.8) is 0 Å². The fourth-order valence-electron chi connectivity index (χ4n) is 2.94. The second-order valence-electron chi connectivity index (χ2n) is 6.14. The summed E-state index contributed by atoms with van der Waals surface area (Å²) in [7, 11) is 1.57. The number of ether oxygens (including phenoxy) is 1. The van der Waals surface area contributed by atoms with Crippen LogP contribution in [0.4, 0.5) is 5.13 Å². The molecule has 0 bridgehead atoms. The highest BCUT2D eigenvalue weighted by molar-refractivity contribution is 7.15. The number of nitrogens with zero attached hydrogens (tertiary/aromatic N) is 4. The van der Waals surface area contributed by atoms with Gasteiger partial charge in [0.25, 0.3) is 11.8 Å². The predicted molar refractivity (Wildman–Crippen MR) is 104 cm³/mol. The number of fused-ring (bicyclic) bond motifs is 1. The summed E-state index contributed by atoms with van der Waals surface area (Å²) in [5, 5.41) is 3.25. The van der Waals surface area contributed by atoms with Crippen LogP contribution in [0.5, 0.6) is 5.75 Å². The van der Waals surface area contributed by atoms with Gasteiger partial charge in [0.2, 0.25) is 0 Å². The lowest BCUT2D eigenvalue weighted by molar-refractivity contribution is 0.0735. The Hall–Kier alpha value is -3.33. The van der Waals surface area contributed by atoms with Crippen LogP contribution in [0, 0.1) is 0 Å². The van der Waals surface area contributed by atoms with E-state index in [2.05, 4.69) is 20.3 Å². The Morgan fingerprint density at radius 2 is 2.18 bits per heavy atom. The molecule has 0 saturated carbocycles. The molecule has 0 spiro atoms. The normalized spacial score (nSPS) is 13.0. The maximum Gasteiger partial charge on any atom is 0.277 e. The first kappa shape index (κ1) is 18.1. The van der Waals surface area contributed by atoms with Crippen LogP contribution in [0.1, 0.15) is 31.4 Å². The molecule has 2 aromatic heterocycles. The molecule has 0 atom stereocenters. The molecule has 9 heteroatoms. The van der Waals surface area contributed by atoms with Crippen molar-refractivity contribution in [2.75, 3.05) is 19.0 Å². The van der Waals surface area contributed by atoms with Gasteiger partial charge in [-0.3, -0.25) is 19.9 Å². The van der Waals surface area contributed by atoms with Crippen molar-refractivity contribution in [1.82, 2.24) is 19.9 Å². The molecule has 0 radical (unpaired) electrons. The van der Waals surface area contributed by atoms with Gasteiger partial charge in [-0.05, 0) is 18.2 Å².